The second-order valence-corrected chi connectivity index (χ2v) is 5.41. The summed E-state index contributed by atoms with van der Waals surface area (Å²) in [7, 11) is 0. The average Bonchev–Trinajstić information content (AvgIpc) is 2.97. The van der Waals surface area contributed by atoms with Crippen LogP contribution in [0, 0.1) is 5.82 Å². The Morgan fingerprint density at radius 1 is 0.917 bits per heavy atom. The van der Waals surface area contributed by atoms with Gasteiger partial charge in [0.05, 0.1) is 0 Å². The first-order chi connectivity index (χ1) is 11.7. The minimum absolute atomic E-state index is 0.199. The molecule has 0 aromatic heterocycles. The highest BCUT2D eigenvalue weighted by molar-refractivity contribution is 6.17. The van der Waals surface area contributed by atoms with Crippen molar-refractivity contribution >= 4 is 28.7 Å². The van der Waals surface area contributed by atoms with Gasteiger partial charge in [0.1, 0.15) is 5.82 Å². The molecule has 1 aliphatic rings. The summed E-state index contributed by atoms with van der Waals surface area (Å²) in [6, 6.07) is 19.4. The molecule has 3 aromatic carbocycles. The number of carbonyl (C=O) groups excluding carboxylic acids is 1. The maximum Gasteiger partial charge on any atom is 0.363 e. The van der Waals surface area contributed by atoms with Crippen LogP contribution in [0.5, 0.6) is 0 Å². The highest BCUT2D eigenvalue weighted by Gasteiger charge is 2.25. The Kier molecular flexibility index (Phi) is 3.43. The molecule has 0 spiro atoms. The Morgan fingerprint density at radius 3 is 2.50 bits per heavy atom. The van der Waals surface area contributed by atoms with Crippen molar-refractivity contribution in [2.45, 2.75) is 0 Å². The first-order valence-electron chi connectivity index (χ1n) is 7.47. The molecule has 0 radical (unpaired) electrons. The Labute approximate surface area is 137 Å². The van der Waals surface area contributed by atoms with E-state index in [1.807, 2.05) is 42.5 Å². The average molecular weight is 317 g/mol. The van der Waals surface area contributed by atoms with Crippen LogP contribution >= 0.6 is 0 Å². The Morgan fingerprint density at radius 2 is 1.67 bits per heavy atom. The van der Waals surface area contributed by atoms with Gasteiger partial charge in [0.2, 0.25) is 5.90 Å². The standard InChI is InChI=1S/C20H12FNO2/c21-15-10-8-13(9-11-15)12-18-20(23)24-19(22-18)17-7-3-5-14-4-1-2-6-16(14)17/h1-12H/b18-12-. The fourth-order valence-corrected chi connectivity index (χ4v) is 2.65. The summed E-state index contributed by atoms with van der Waals surface area (Å²) in [5, 5.41) is 2.01. The predicted octanol–water partition coefficient (Wildman–Crippen LogP) is 4.32. The van der Waals surface area contributed by atoms with E-state index < -0.39 is 5.97 Å². The number of cyclic esters (lactones) is 1. The molecule has 3 nitrogen and oxygen atoms in total. The van der Waals surface area contributed by atoms with Crippen LogP contribution in [-0.4, -0.2) is 11.9 Å². The Bertz CT molecular complexity index is 998. The Hall–Kier alpha value is -3.27. The molecule has 0 saturated heterocycles. The van der Waals surface area contributed by atoms with E-state index in [0.29, 0.717) is 5.56 Å². The molecule has 0 bridgehead atoms. The van der Waals surface area contributed by atoms with Crippen LogP contribution in [0.1, 0.15) is 11.1 Å². The number of benzene rings is 3. The molecule has 3 aromatic rings. The van der Waals surface area contributed by atoms with Gasteiger partial charge in [-0.05, 0) is 40.6 Å². The lowest BCUT2D eigenvalue weighted by Gasteiger charge is -2.04. The second kappa shape index (κ2) is 5.74. The molecule has 0 saturated carbocycles. The fraction of sp³-hybridized carbons (Fsp3) is 0. The number of nitrogens with zero attached hydrogens (tertiary/aromatic N) is 1. The minimum atomic E-state index is -0.512. The number of halogens is 1. The smallest absolute Gasteiger partial charge is 0.363 e. The summed E-state index contributed by atoms with van der Waals surface area (Å²) < 4.78 is 18.3. The third-order valence-electron chi connectivity index (χ3n) is 3.81. The molecule has 0 fully saturated rings. The lowest BCUT2D eigenvalue weighted by atomic mass is 10.0. The van der Waals surface area contributed by atoms with Gasteiger partial charge in [-0.1, -0.05) is 48.5 Å². The number of aliphatic imine (C=N–C) groups is 1. The molecule has 116 valence electrons. The monoisotopic (exact) mass is 317 g/mol. The SMILES string of the molecule is O=C1OC(c2cccc3ccccc23)=N/C1=C\c1ccc(F)cc1. The first kappa shape index (κ1) is 14.3. The lowest BCUT2D eigenvalue weighted by Crippen LogP contribution is -2.05. The maximum absolute atomic E-state index is 13.0. The van der Waals surface area contributed by atoms with Crippen LogP contribution in [0.3, 0.4) is 0 Å². The summed E-state index contributed by atoms with van der Waals surface area (Å²) in [6.45, 7) is 0. The third-order valence-corrected chi connectivity index (χ3v) is 3.81. The summed E-state index contributed by atoms with van der Waals surface area (Å²) in [6.07, 6.45) is 1.58. The van der Waals surface area contributed by atoms with Gasteiger partial charge in [-0.25, -0.2) is 14.2 Å². The molecule has 24 heavy (non-hydrogen) atoms. The molecule has 0 unspecified atom stereocenters. The summed E-state index contributed by atoms with van der Waals surface area (Å²) in [5.41, 5.74) is 1.65. The zero-order valence-corrected chi connectivity index (χ0v) is 12.6. The van der Waals surface area contributed by atoms with E-state index in [2.05, 4.69) is 4.99 Å². The van der Waals surface area contributed by atoms with Crippen molar-refractivity contribution in [3.63, 3.8) is 0 Å². The fourth-order valence-electron chi connectivity index (χ4n) is 2.65. The van der Waals surface area contributed by atoms with Crippen molar-refractivity contribution in [1.29, 1.82) is 0 Å². The molecule has 1 aliphatic heterocycles. The van der Waals surface area contributed by atoms with E-state index >= 15 is 0 Å². The van der Waals surface area contributed by atoms with Crippen LogP contribution in [0.25, 0.3) is 16.8 Å². The predicted molar refractivity (Wildman–Crippen MR) is 91.0 cm³/mol. The quantitative estimate of drug-likeness (QED) is 0.521. The van der Waals surface area contributed by atoms with Crippen molar-refractivity contribution in [3.05, 3.63) is 89.4 Å². The Balaban J connectivity index is 1.77. The second-order valence-electron chi connectivity index (χ2n) is 5.41. The van der Waals surface area contributed by atoms with Gasteiger partial charge in [-0.15, -0.1) is 0 Å². The number of rotatable bonds is 2. The highest BCUT2D eigenvalue weighted by atomic mass is 19.1. The van der Waals surface area contributed by atoms with Gasteiger partial charge < -0.3 is 4.74 Å². The number of ether oxygens (including phenoxy) is 1. The van der Waals surface area contributed by atoms with Gasteiger partial charge in [-0.3, -0.25) is 0 Å². The number of hydrogen-bond acceptors (Lipinski definition) is 3. The molecule has 1 heterocycles. The van der Waals surface area contributed by atoms with Crippen molar-refractivity contribution in [2.24, 2.45) is 4.99 Å². The molecule has 0 aliphatic carbocycles. The van der Waals surface area contributed by atoms with E-state index in [-0.39, 0.29) is 17.4 Å². The van der Waals surface area contributed by atoms with Gasteiger partial charge in [-0.2, -0.15) is 0 Å². The van der Waals surface area contributed by atoms with Gasteiger partial charge in [0.15, 0.2) is 5.70 Å². The van der Waals surface area contributed by atoms with Gasteiger partial charge >= 0.3 is 5.97 Å². The van der Waals surface area contributed by atoms with Crippen LogP contribution in [0.4, 0.5) is 4.39 Å². The topological polar surface area (TPSA) is 38.7 Å². The number of carbonyl (C=O) groups is 1. The molecular formula is C20H12FNO2. The maximum atomic E-state index is 13.0. The first-order valence-corrected chi connectivity index (χ1v) is 7.47. The molecule has 0 amide bonds. The van der Waals surface area contributed by atoms with Crippen LogP contribution in [0.2, 0.25) is 0 Å². The molecule has 4 rings (SSSR count). The summed E-state index contributed by atoms with van der Waals surface area (Å²) in [4.78, 5) is 16.4. The minimum Gasteiger partial charge on any atom is -0.402 e. The van der Waals surface area contributed by atoms with E-state index in [0.717, 1.165) is 16.3 Å². The van der Waals surface area contributed by atoms with E-state index in [1.54, 1.807) is 18.2 Å². The molecule has 0 N–H and O–H groups in total. The third kappa shape index (κ3) is 2.58. The molecular weight excluding hydrogens is 305 g/mol. The summed E-state index contributed by atoms with van der Waals surface area (Å²) >= 11 is 0. The van der Waals surface area contributed by atoms with Crippen LogP contribution < -0.4 is 0 Å². The van der Waals surface area contributed by atoms with Gasteiger partial charge in [0.25, 0.3) is 0 Å². The molecule has 0 atom stereocenters. The zero-order valence-electron chi connectivity index (χ0n) is 12.6. The van der Waals surface area contributed by atoms with E-state index in [4.69, 9.17) is 4.74 Å². The van der Waals surface area contributed by atoms with Crippen molar-refractivity contribution in [3.8, 4) is 0 Å². The van der Waals surface area contributed by atoms with Crippen molar-refractivity contribution in [2.75, 3.05) is 0 Å². The van der Waals surface area contributed by atoms with Crippen LogP contribution in [0.15, 0.2) is 77.4 Å². The van der Waals surface area contributed by atoms with E-state index in [1.165, 1.54) is 12.1 Å². The normalized spacial score (nSPS) is 15.6. The molecule has 4 heteroatoms. The number of esters is 1. The van der Waals surface area contributed by atoms with Gasteiger partial charge in [0, 0.05) is 5.56 Å². The van der Waals surface area contributed by atoms with Crippen LogP contribution in [-0.2, 0) is 9.53 Å². The largest absolute Gasteiger partial charge is 0.402 e. The summed E-state index contributed by atoms with van der Waals surface area (Å²) in [5.74, 6) is -0.557. The zero-order chi connectivity index (χ0) is 16.5. The number of hydrogen-bond donors (Lipinski definition) is 0. The highest BCUT2D eigenvalue weighted by Crippen LogP contribution is 2.24. The van der Waals surface area contributed by atoms with E-state index in [9.17, 15) is 9.18 Å². The lowest BCUT2D eigenvalue weighted by molar-refractivity contribution is -0.129. The van der Waals surface area contributed by atoms with Crippen molar-refractivity contribution < 1.29 is 13.9 Å². The van der Waals surface area contributed by atoms with Crippen molar-refractivity contribution in [1.82, 2.24) is 0 Å². The number of fused-ring (bicyclic) bond motifs is 1.